The lowest BCUT2D eigenvalue weighted by atomic mass is 10.3. The van der Waals surface area contributed by atoms with Gasteiger partial charge in [-0.25, -0.2) is 4.79 Å². The molecule has 1 aliphatic heterocycles. The van der Waals surface area contributed by atoms with Gasteiger partial charge in [0, 0.05) is 6.04 Å². The highest BCUT2D eigenvalue weighted by Crippen LogP contribution is 2.12. The van der Waals surface area contributed by atoms with Crippen LogP contribution in [-0.4, -0.2) is 22.9 Å². The Morgan fingerprint density at radius 2 is 2.00 bits per heavy atom. The van der Waals surface area contributed by atoms with Crippen LogP contribution in [0.2, 0.25) is 0 Å². The zero-order valence-corrected chi connectivity index (χ0v) is 7.42. The third-order valence-corrected chi connectivity index (χ3v) is 1.71. The van der Waals surface area contributed by atoms with Crippen LogP contribution in [0.5, 0.6) is 0 Å². The predicted molar refractivity (Wildman–Crippen MR) is 44.3 cm³/mol. The summed E-state index contributed by atoms with van der Waals surface area (Å²) in [5.41, 5.74) is 0.369. The fourth-order valence-corrected chi connectivity index (χ4v) is 1.12. The Labute approximate surface area is 71.2 Å². The standard InChI is InChI=1S/C8H12N2O2/c1-4-6-7(11)10(5(2)3)8(12)9-6/h4-5H,1-3H3,(H,9,12)/b6-4-. The molecule has 66 valence electrons. The Morgan fingerprint density at radius 1 is 1.42 bits per heavy atom. The van der Waals surface area contributed by atoms with Gasteiger partial charge >= 0.3 is 6.03 Å². The second kappa shape index (κ2) is 2.97. The first-order valence-corrected chi connectivity index (χ1v) is 3.88. The van der Waals surface area contributed by atoms with Gasteiger partial charge in [-0.05, 0) is 20.8 Å². The van der Waals surface area contributed by atoms with E-state index in [2.05, 4.69) is 5.32 Å². The van der Waals surface area contributed by atoms with Crippen molar-refractivity contribution in [3.05, 3.63) is 11.8 Å². The molecule has 0 unspecified atom stereocenters. The molecule has 0 saturated carbocycles. The highest BCUT2D eigenvalue weighted by molar-refractivity contribution is 6.11. The Kier molecular flexibility index (Phi) is 2.17. The highest BCUT2D eigenvalue weighted by Gasteiger charge is 2.34. The summed E-state index contributed by atoms with van der Waals surface area (Å²) in [6.45, 7) is 5.32. The Balaban J connectivity index is 2.93. The summed E-state index contributed by atoms with van der Waals surface area (Å²) >= 11 is 0. The fourth-order valence-electron chi connectivity index (χ4n) is 1.12. The predicted octanol–water partition coefficient (Wildman–Crippen LogP) is 0.850. The zero-order chi connectivity index (χ0) is 9.30. The maximum absolute atomic E-state index is 11.4. The third kappa shape index (κ3) is 1.20. The number of urea groups is 1. The highest BCUT2D eigenvalue weighted by atomic mass is 16.2. The summed E-state index contributed by atoms with van der Waals surface area (Å²) < 4.78 is 0. The second-order valence-corrected chi connectivity index (χ2v) is 2.90. The normalized spacial score (nSPS) is 21.0. The van der Waals surface area contributed by atoms with Gasteiger partial charge < -0.3 is 5.32 Å². The number of hydrogen-bond donors (Lipinski definition) is 1. The van der Waals surface area contributed by atoms with Crippen molar-refractivity contribution < 1.29 is 9.59 Å². The van der Waals surface area contributed by atoms with E-state index in [4.69, 9.17) is 0 Å². The minimum Gasteiger partial charge on any atom is -0.303 e. The molecule has 0 atom stereocenters. The monoisotopic (exact) mass is 168 g/mol. The van der Waals surface area contributed by atoms with Crippen molar-refractivity contribution in [3.63, 3.8) is 0 Å². The van der Waals surface area contributed by atoms with Crippen molar-refractivity contribution in [1.29, 1.82) is 0 Å². The fraction of sp³-hybridized carbons (Fsp3) is 0.500. The van der Waals surface area contributed by atoms with Crippen molar-refractivity contribution in [1.82, 2.24) is 10.2 Å². The quantitative estimate of drug-likeness (QED) is 0.466. The van der Waals surface area contributed by atoms with Crippen LogP contribution in [0.4, 0.5) is 4.79 Å². The Bertz CT molecular complexity index is 256. The molecular formula is C8H12N2O2. The van der Waals surface area contributed by atoms with E-state index in [1.165, 1.54) is 4.90 Å². The molecule has 1 saturated heterocycles. The molecule has 4 nitrogen and oxygen atoms in total. The van der Waals surface area contributed by atoms with Gasteiger partial charge in [0.25, 0.3) is 5.91 Å². The van der Waals surface area contributed by atoms with Crippen molar-refractivity contribution in [2.45, 2.75) is 26.8 Å². The molecule has 0 bridgehead atoms. The van der Waals surface area contributed by atoms with E-state index in [1.807, 2.05) is 0 Å². The molecule has 0 aromatic carbocycles. The van der Waals surface area contributed by atoms with Crippen molar-refractivity contribution in [3.8, 4) is 0 Å². The summed E-state index contributed by atoms with van der Waals surface area (Å²) in [6.07, 6.45) is 1.60. The van der Waals surface area contributed by atoms with Gasteiger partial charge in [-0.1, -0.05) is 6.08 Å². The van der Waals surface area contributed by atoms with E-state index in [0.717, 1.165) is 0 Å². The molecule has 3 amide bonds. The lowest BCUT2D eigenvalue weighted by Gasteiger charge is -2.15. The molecule has 1 N–H and O–H groups in total. The van der Waals surface area contributed by atoms with Crippen molar-refractivity contribution >= 4 is 11.9 Å². The number of carbonyl (C=O) groups excluding carboxylic acids is 2. The first-order valence-electron chi connectivity index (χ1n) is 3.88. The van der Waals surface area contributed by atoms with Crippen molar-refractivity contribution in [2.24, 2.45) is 0 Å². The van der Waals surface area contributed by atoms with Gasteiger partial charge in [0.2, 0.25) is 0 Å². The molecule has 1 aliphatic rings. The molecule has 4 heteroatoms. The number of carbonyl (C=O) groups is 2. The van der Waals surface area contributed by atoms with Crippen LogP contribution in [0.25, 0.3) is 0 Å². The van der Waals surface area contributed by atoms with E-state index in [1.54, 1.807) is 26.8 Å². The number of amides is 3. The molecule has 0 aliphatic carbocycles. The molecule has 0 aromatic rings. The number of nitrogens with one attached hydrogen (secondary N) is 1. The molecule has 0 spiro atoms. The van der Waals surface area contributed by atoms with Gasteiger partial charge in [-0.15, -0.1) is 0 Å². The maximum Gasteiger partial charge on any atom is 0.329 e. The lowest BCUT2D eigenvalue weighted by molar-refractivity contribution is -0.124. The lowest BCUT2D eigenvalue weighted by Crippen LogP contribution is -2.36. The summed E-state index contributed by atoms with van der Waals surface area (Å²) in [4.78, 5) is 23.7. The van der Waals surface area contributed by atoms with Crippen LogP contribution in [0.3, 0.4) is 0 Å². The van der Waals surface area contributed by atoms with Gasteiger partial charge in [-0.2, -0.15) is 0 Å². The van der Waals surface area contributed by atoms with Gasteiger partial charge in [0.1, 0.15) is 5.70 Å². The van der Waals surface area contributed by atoms with Crippen LogP contribution < -0.4 is 5.32 Å². The van der Waals surface area contributed by atoms with Crippen LogP contribution in [0, 0.1) is 0 Å². The van der Waals surface area contributed by atoms with Crippen LogP contribution in [0.1, 0.15) is 20.8 Å². The number of nitrogens with zero attached hydrogens (tertiary/aromatic N) is 1. The molecule has 1 rings (SSSR count). The number of imide groups is 1. The summed E-state index contributed by atoms with van der Waals surface area (Å²) in [5, 5.41) is 2.48. The van der Waals surface area contributed by atoms with Gasteiger partial charge in [0.05, 0.1) is 0 Å². The summed E-state index contributed by atoms with van der Waals surface area (Å²) in [7, 11) is 0. The first-order chi connectivity index (χ1) is 5.57. The van der Waals surface area contributed by atoms with Crippen molar-refractivity contribution in [2.75, 3.05) is 0 Å². The maximum atomic E-state index is 11.4. The molecular weight excluding hydrogens is 156 g/mol. The minimum absolute atomic E-state index is 0.0880. The molecule has 1 heterocycles. The summed E-state index contributed by atoms with van der Waals surface area (Å²) in [6, 6.07) is -0.418. The van der Waals surface area contributed by atoms with Crippen LogP contribution in [-0.2, 0) is 4.79 Å². The SMILES string of the molecule is C/C=C1\NC(=O)N(C(C)C)C1=O. The molecule has 1 fully saturated rings. The van der Waals surface area contributed by atoms with Crippen LogP contribution >= 0.6 is 0 Å². The van der Waals surface area contributed by atoms with Crippen LogP contribution in [0.15, 0.2) is 11.8 Å². The number of allylic oxidation sites excluding steroid dienone is 1. The van der Waals surface area contributed by atoms with E-state index in [-0.39, 0.29) is 18.0 Å². The average molecular weight is 168 g/mol. The Morgan fingerprint density at radius 3 is 2.25 bits per heavy atom. The largest absolute Gasteiger partial charge is 0.329 e. The van der Waals surface area contributed by atoms with E-state index < -0.39 is 0 Å². The topological polar surface area (TPSA) is 49.4 Å². The molecule has 0 aromatic heterocycles. The average Bonchev–Trinajstić information content (AvgIpc) is 2.25. The summed E-state index contributed by atoms with van der Waals surface area (Å²) in [5.74, 6) is -0.238. The Hall–Kier alpha value is -1.32. The van der Waals surface area contributed by atoms with E-state index in [9.17, 15) is 9.59 Å². The van der Waals surface area contributed by atoms with Gasteiger partial charge in [-0.3, -0.25) is 9.69 Å². The van der Waals surface area contributed by atoms with Gasteiger partial charge in [0.15, 0.2) is 0 Å². The molecule has 12 heavy (non-hydrogen) atoms. The molecule has 0 radical (unpaired) electrons. The second-order valence-electron chi connectivity index (χ2n) is 2.90. The number of rotatable bonds is 1. The smallest absolute Gasteiger partial charge is 0.303 e. The zero-order valence-electron chi connectivity index (χ0n) is 7.42. The number of hydrogen-bond acceptors (Lipinski definition) is 2. The first kappa shape index (κ1) is 8.77. The minimum atomic E-state index is -0.330. The van der Waals surface area contributed by atoms with E-state index >= 15 is 0 Å². The third-order valence-electron chi connectivity index (χ3n) is 1.71. The van der Waals surface area contributed by atoms with E-state index in [0.29, 0.717) is 5.70 Å².